The lowest BCUT2D eigenvalue weighted by Crippen LogP contribution is -2.00. The Morgan fingerprint density at radius 2 is 1.33 bits per heavy atom. The maximum atomic E-state index is 5.63. The zero-order valence-corrected chi connectivity index (χ0v) is 9.65. The van der Waals surface area contributed by atoms with Crippen LogP contribution in [0.25, 0.3) is 0 Å². The van der Waals surface area contributed by atoms with Crippen LogP contribution in [0.2, 0.25) is 0 Å². The molecule has 2 rings (SSSR count). The molecule has 0 N–H and O–H groups in total. The summed E-state index contributed by atoms with van der Waals surface area (Å²) >= 11 is 3.42. The first-order valence-corrected chi connectivity index (χ1v) is 5.46. The summed E-state index contributed by atoms with van der Waals surface area (Å²) < 4.78 is 5.63. The predicted molar refractivity (Wildman–Crippen MR) is 64.8 cm³/mol. The van der Waals surface area contributed by atoms with Crippen LogP contribution in [0.4, 0.5) is 0 Å². The van der Waals surface area contributed by atoms with Gasteiger partial charge in [0.05, 0.1) is 0 Å². The summed E-state index contributed by atoms with van der Waals surface area (Å²) in [5.74, 6) is 0.827. The summed E-state index contributed by atoms with van der Waals surface area (Å²) in [4.78, 5) is 0. The molecule has 0 heterocycles. The molecule has 0 aliphatic heterocycles. The van der Waals surface area contributed by atoms with Crippen LogP contribution in [0.3, 0.4) is 0 Å². The predicted octanol–water partition coefficient (Wildman–Crippen LogP) is 4.00. The monoisotopic (exact) mass is 261 g/mol. The smallest absolute Gasteiger partial charge is 0.242 e. The number of halogens is 1. The van der Waals surface area contributed by atoms with Gasteiger partial charge in [0.15, 0.2) is 0 Å². The van der Waals surface area contributed by atoms with E-state index in [0.717, 1.165) is 16.3 Å². The fraction of sp³-hybridized carbons (Fsp3) is 0. The number of rotatable bonds is 3. The van der Waals surface area contributed by atoms with E-state index in [1.807, 2.05) is 60.7 Å². The van der Waals surface area contributed by atoms with Gasteiger partial charge in [-0.15, -0.1) is 0 Å². The van der Waals surface area contributed by atoms with E-state index in [2.05, 4.69) is 15.9 Å². The molecule has 0 spiro atoms. The molecule has 0 aliphatic rings. The Kier molecular flexibility index (Phi) is 3.41. The summed E-state index contributed by atoms with van der Waals surface area (Å²) in [7, 11) is 0. The molecule has 0 saturated heterocycles. The first-order valence-electron chi connectivity index (χ1n) is 4.67. The van der Waals surface area contributed by atoms with Gasteiger partial charge in [-0.05, 0) is 28.1 Å². The van der Waals surface area contributed by atoms with E-state index in [0.29, 0.717) is 0 Å². The highest BCUT2D eigenvalue weighted by Gasteiger charge is 2.09. The van der Waals surface area contributed by atoms with E-state index in [9.17, 15) is 0 Å². The van der Waals surface area contributed by atoms with E-state index >= 15 is 0 Å². The Bertz CT molecular complexity index is 399. The number of hydrogen-bond acceptors (Lipinski definition) is 1. The molecule has 0 amide bonds. The minimum atomic E-state index is 0.731. The Labute approximate surface area is 97.8 Å². The van der Waals surface area contributed by atoms with Gasteiger partial charge in [-0.1, -0.05) is 48.5 Å². The van der Waals surface area contributed by atoms with Crippen LogP contribution >= 0.6 is 15.9 Å². The fourth-order valence-corrected chi connectivity index (χ4v) is 1.67. The Balaban J connectivity index is 2.08. The maximum absolute atomic E-state index is 5.63. The first-order chi connectivity index (χ1) is 7.36. The highest BCUT2D eigenvalue weighted by Crippen LogP contribution is 2.25. The van der Waals surface area contributed by atoms with Gasteiger partial charge in [-0.2, -0.15) is 0 Å². The highest BCUT2D eigenvalue weighted by atomic mass is 79.9. The summed E-state index contributed by atoms with van der Waals surface area (Å²) in [6.45, 7) is 0. The summed E-state index contributed by atoms with van der Waals surface area (Å²) in [6, 6.07) is 19.6. The Hall–Kier alpha value is -1.28. The molecule has 1 nitrogen and oxygen atoms in total. The summed E-state index contributed by atoms with van der Waals surface area (Å²) in [5.41, 5.74) is 1.03. The minimum Gasteiger partial charge on any atom is -0.466 e. The van der Waals surface area contributed by atoms with Crippen LogP contribution < -0.4 is 4.74 Å². The lowest BCUT2D eigenvalue weighted by Gasteiger charge is -2.11. The van der Waals surface area contributed by atoms with E-state index in [4.69, 9.17) is 4.74 Å². The topological polar surface area (TPSA) is 9.23 Å². The van der Waals surface area contributed by atoms with Gasteiger partial charge < -0.3 is 4.74 Å². The van der Waals surface area contributed by atoms with Crippen molar-refractivity contribution in [2.24, 2.45) is 0 Å². The second-order valence-electron chi connectivity index (χ2n) is 3.05. The standard InChI is InChI=1S/C13H10BrO/c14-13(11-7-3-1-4-8-11)15-12-9-5-2-6-10-12/h1-10H. The van der Waals surface area contributed by atoms with Gasteiger partial charge >= 0.3 is 0 Å². The molecule has 0 atom stereocenters. The molecule has 0 unspecified atom stereocenters. The molecule has 0 aromatic heterocycles. The molecule has 75 valence electrons. The summed E-state index contributed by atoms with van der Waals surface area (Å²) in [5, 5.41) is 0.731. The van der Waals surface area contributed by atoms with E-state index in [-0.39, 0.29) is 0 Å². The van der Waals surface area contributed by atoms with Crippen molar-refractivity contribution in [2.45, 2.75) is 0 Å². The van der Waals surface area contributed by atoms with Crippen LogP contribution in [0.1, 0.15) is 5.56 Å². The van der Waals surface area contributed by atoms with Crippen molar-refractivity contribution in [1.82, 2.24) is 0 Å². The average Bonchev–Trinajstić information content (AvgIpc) is 2.31. The minimum absolute atomic E-state index is 0.731. The third-order valence-corrected chi connectivity index (χ3v) is 2.57. The normalized spacial score (nSPS) is 10.3. The largest absolute Gasteiger partial charge is 0.466 e. The number of ether oxygens (including phenoxy) is 1. The number of para-hydroxylation sites is 1. The number of benzene rings is 2. The molecular formula is C13H10BrO. The van der Waals surface area contributed by atoms with Crippen molar-refractivity contribution in [2.75, 3.05) is 0 Å². The zero-order chi connectivity index (χ0) is 10.5. The Morgan fingerprint density at radius 3 is 1.93 bits per heavy atom. The van der Waals surface area contributed by atoms with Gasteiger partial charge in [-0.25, -0.2) is 0 Å². The fourth-order valence-electron chi connectivity index (χ4n) is 1.22. The molecule has 0 saturated carbocycles. The third kappa shape index (κ3) is 2.83. The second kappa shape index (κ2) is 4.99. The van der Waals surface area contributed by atoms with E-state index in [1.54, 1.807) is 0 Å². The molecule has 2 heteroatoms. The van der Waals surface area contributed by atoms with Crippen molar-refractivity contribution >= 4 is 15.9 Å². The third-order valence-electron chi connectivity index (χ3n) is 1.95. The molecule has 2 aromatic carbocycles. The van der Waals surface area contributed by atoms with Gasteiger partial charge in [0, 0.05) is 5.56 Å². The van der Waals surface area contributed by atoms with Gasteiger partial charge in [0.25, 0.3) is 0 Å². The first kappa shape index (κ1) is 10.2. The van der Waals surface area contributed by atoms with Gasteiger partial charge in [0.1, 0.15) is 5.75 Å². The van der Waals surface area contributed by atoms with Crippen molar-refractivity contribution in [3.8, 4) is 5.75 Å². The van der Waals surface area contributed by atoms with Crippen LogP contribution in [0.15, 0.2) is 60.7 Å². The van der Waals surface area contributed by atoms with Crippen molar-refractivity contribution in [1.29, 1.82) is 0 Å². The van der Waals surface area contributed by atoms with Crippen molar-refractivity contribution < 1.29 is 4.74 Å². The van der Waals surface area contributed by atoms with Gasteiger partial charge in [0.2, 0.25) is 5.01 Å². The van der Waals surface area contributed by atoms with Crippen molar-refractivity contribution in [3.63, 3.8) is 0 Å². The van der Waals surface area contributed by atoms with E-state index in [1.165, 1.54) is 0 Å². The lowest BCUT2D eigenvalue weighted by atomic mass is 10.2. The quantitative estimate of drug-likeness (QED) is 0.812. The van der Waals surface area contributed by atoms with Crippen LogP contribution in [0.5, 0.6) is 5.75 Å². The zero-order valence-electron chi connectivity index (χ0n) is 8.06. The SMILES string of the molecule is Br[C](Oc1ccccc1)c1ccccc1. The van der Waals surface area contributed by atoms with Crippen molar-refractivity contribution in [3.05, 3.63) is 71.2 Å². The van der Waals surface area contributed by atoms with Crippen LogP contribution in [-0.4, -0.2) is 0 Å². The average molecular weight is 262 g/mol. The lowest BCUT2D eigenvalue weighted by molar-refractivity contribution is 0.413. The molecular weight excluding hydrogens is 252 g/mol. The second-order valence-corrected chi connectivity index (χ2v) is 3.78. The molecule has 0 bridgehead atoms. The highest BCUT2D eigenvalue weighted by molar-refractivity contribution is 9.11. The molecule has 0 aliphatic carbocycles. The molecule has 1 radical (unpaired) electrons. The summed E-state index contributed by atoms with van der Waals surface area (Å²) in [6.07, 6.45) is 0. The van der Waals surface area contributed by atoms with Gasteiger partial charge in [-0.3, -0.25) is 0 Å². The molecule has 0 fully saturated rings. The maximum Gasteiger partial charge on any atom is 0.242 e. The van der Waals surface area contributed by atoms with E-state index < -0.39 is 0 Å². The molecule has 2 aromatic rings. The number of hydrogen-bond donors (Lipinski definition) is 0. The molecule has 15 heavy (non-hydrogen) atoms. The van der Waals surface area contributed by atoms with Crippen LogP contribution in [-0.2, 0) is 0 Å². The van der Waals surface area contributed by atoms with Crippen LogP contribution in [0, 0.1) is 5.01 Å². The Morgan fingerprint density at radius 1 is 0.800 bits per heavy atom.